The molecule has 14 heavy (non-hydrogen) atoms. The summed E-state index contributed by atoms with van der Waals surface area (Å²) < 4.78 is 5.23. The summed E-state index contributed by atoms with van der Waals surface area (Å²) in [5.41, 5.74) is 0.967. The summed E-state index contributed by atoms with van der Waals surface area (Å²) in [4.78, 5) is 15.2. The summed E-state index contributed by atoms with van der Waals surface area (Å²) in [6, 6.07) is 3.69. The molecule has 0 aliphatic rings. The van der Waals surface area contributed by atoms with Crippen molar-refractivity contribution < 1.29 is 9.53 Å². The van der Waals surface area contributed by atoms with Crippen LogP contribution >= 0.6 is 0 Å². The first kappa shape index (κ1) is 10.7. The number of aromatic nitrogens is 1. The van der Waals surface area contributed by atoms with Crippen molar-refractivity contribution in [2.45, 2.75) is 26.9 Å². The maximum atomic E-state index is 11.3. The van der Waals surface area contributed by atoms with Crippen LogP contribution in [0.2, 0.25) is 0 Å². The van der Waals surface area contributed by atoms with E-state index in [4.69, 9.17) is 4.74 Å². The number of rotatable bonds is 3. The van der Waals surface area contributed by atoms with Gasteiger partial charge in [0.25, 0.3) is 0 Å². The molecule has 0 amide bonds. The zero-order valence-corrected chi connectivity index (χ0v) is 8.73. The summed E-state index contributed by atoms with van der Waals surface area (Å²) in [5.74, 6) is -0.256. The van der Waals surface area contributed by atoms with E-state index in [0.717, 1.165) is 5.56 Å². The highest BCUT2D eigenvalue weighted by molar-refractivity contribution is 5.71. The van der Waals surface area contributed by atoms with Gasteiger partial charge in [-0.05, 0) is 24.6 Å². The first-order valence-corrected chi connectivity index (χ1v) is 4.71. The van der Waals surface area contributed by atoms with E-state index < -0.39 is 0 Å². The van der Waals surface area contributed by atoms with Gasteiger partial charge in [0.2, 0.25) is 0 Å². The second-order valence-corrected chi connectivity index (χ2v) is 3.51. The highest BCUT2D eigenvalue weighted by atomic mass is 16.5. The molecule has 0 radical (unpaired) electrons. The van der Waals surface area contributed by atoms with Crippen LogP contribution in [0.1, 0.15) is 32.4 Å². The van der Waals surface area contributed by atoms with Gasteiger partial charge < -0.3 is 4.74 Å². The van der Waals surface area contributed by atoms with Crippen molar-refractivity contribution in [3.8, 4) is 0 Å². The standard InChI is InChI=1S/C11H15NO2/c1-8(2)11(13)14-9(3)10-4-6-12-7-5-10/h4-9H,1-3H3. The van der Waals surface area contributed by atoms with Gasteiger partial charge in [0, 0.05) is 12.4 Å². The monoisotopic (exact) mass is 193 g/mol. The minimum Gasteiger partial charge on any atom is -0.458 e. The fraction of sp³-hybridized carbons (Fsp3) is 0.455. The van der Waals surface area contributed by atoms with E-state index in [2.05, 4.69) is 4.98 Å². The fourth-order valence-electron chi connectivity index (χ4n) is 1.01. The van der Waals surface area contributed by atoms with Gasteiger partial charge >= 0.3 is 5.97 Å². The molecule has 76 valence electrons. The maximum absolute atomic E-state index is 11.3. The van der Waals surface area contributed by atoms with E-state index in [0.29, 0.717) is 0 Å². The summed E-state index contributed by atoms with van der Waals surface area (Å²) in [6.07, 6.45) is 3.18. The van der Waals surface area contributed by atoms with Crippen LogP contribution in [0.4, 0.5) is 0 Å². The van der Waals surface area contributed by atoms with Gasteiger partial charge in [-0.15, -0.1) is 0 Å². The van der Waals surface area contributed by atoms with Crippen molar-refractivity contribution in [2.75, 3.05) is 0 Å². The van der Waals surface area contributed by atoms with E-state index in [1.807, 2.05) is 32.9 Å². The van der Waals surface area contributed by atoms with Crippen molar-refractivity contribution >= 4 is 5.97 Å². The number of carbonyl (C=O) groups is 1. The van der Waals surface area contributed by atoms with E-state index in [1.54, 1.807) is 12.4 Å². The second-order valence-electron chi connectivity index (χ2n) is 3.51. The number of hydrogen-bond donors (Lipinski definition) is 0. The lowest BCUT2D eigenvalue weighted by molar-refractivity contribution is -0.152. The van der Waals surface area contributed by atoms with Gasteiger partial charge in [-0.2, -0.15) is 0 Å². The van der Waals surface area contributed by atoms with Gasteiger partial charge in [-0.1, -0.05) is 13.8 Å². The molecule has 1 aromatic rings. The molecule has 0 spiro atoms. The molecule has 0 bridgehead atoms. The molecule has 0 aromatic carbocycles. The Morgan fingerprint density at radius 2 is 1.86 bits per heavy atom. The minimum absolute atomic E-state index is 0.0840. The normalized spacial score (nSPS) is 12.6. The molecule has 0 N–H and O–H groups in total. The Hall–Kier alpha value is -1.38. The number of nitrogens with zero attached hydrogens (tertiary/aromatic N) is 1. The molecule has 0 fully saturated rings. The largest absolute Gasteiger partial charge is 0.458 e. The molecule has 1 atom stereocenters. The number of esters is 1. The highest BCUT2D eigenvalue weighted by Crippen LogP contribution is 2.16. The summed E-state index contributed by atoms with van der Waals surface area (Å²) in [7, 11) is 0. The molecule has 1 rings (SSSR count). The zero-order valence-electron chi connectivity index (χ0n) is 8.73. The highest BCUT2D eigenvalue weighted by Gasteiger charge is 2.13. The van der Waals surface area contributed by atoms with Crippen LogP contribution in [0.25, 0.3) is 0 Å². The molecule has 3 nitrogen and oxygen atoms in total. The molecular weight excluding hydrogens is 178 g/mol. The van der Waals surface area contributed by atoms with Crippen LogP contribution in [0.15, 0.2) is 24.5 Å². The predicted molar refractivity (Wildman–Crippen MR) is 53.6 cm³/mol. The Morgan fingerprint density at radius 3 is 2.36 bits per heavy atom. The quantitative estimate of drug-likeness (QED) is 0.692. The van der Waals surface area contributed by atoms with Gasteiger partial charge in [-0.3, -0.25) is 9.78 Å². The second kappa shape index (κ2) is 4.74. The molecule has 0 aliphatic heterocycles. The predicted octanol–water partition coefficient (Wildman–Crippen LogP) is 2.34. The molecule has 0 saturated carbocycles. The molecule has 1 unspecified atom stereocenters. The lowest BCUT2D eigenvalue weighted by Gasteiger charge is -2.14. The van der Waals surface area contributed by atoms with Crippen molar-refractivity contribution in [1.29, 1.82) is 0 Å². The smallest absolute Gasteiger partial charge is 0.308 e. The van der Waals surface area contributed by atoms with Gasteiger partial charge in [0.1, 0.15) is 6.10 Å². The maximum Gasteiger partial charge on any atom is 0.308 e. The number of hydrogen-bond acceptors (Lipinski definition) is 3. The first-order valence-electron chi connectivity index (χ1n) is 4.71. The lowest BCUT2D eigenvalue weighted by Crippen LogP contribution is -2.14. The molecule has 0 aliphatic carbocycles. The van der Waals surface area contributed by atoms with Crippen LogP contribution in [0.5, 0.6) is 0 Å². The van der Waals surface area contributed by atoms with Crippen molar-refractivity contribution in [2.24, 2.45) is 5.92 Å². The van der Waals surface area contributed by atoms with Gasteiger partial charge in [0.05, 0.1) is 5.92 Å². The van der Waals surface area contributed by atoms with Crippen molar-refractivity contribution in [3.05, 3.63) is 30.1 Å². The van der Waals surface area contributed by atoms with Gasteiger partial charge in [-0.25, -0.2) is 0 Å². The summed E-state index contributed by atoms with van der Waals surface area (Å²) in [5, 5.41) is 0. The van der Waals surface area contributed by atoms with Crippen molar-refractivity contribution in [3.63, 3.8) is 0 Å². The minimum atomic E-state index is -0.201. The molecule has 1 aromatic heterocycles. The number of carbonyl (C=O) groups excluding carboxylic acids is 1. The molecular formula is C11H15NO2. The Morgan fingerprint density at radius 1 is 1.29 bits per heavy atom. The van der Waals surface area contributed by atoms with Crippen LogP contribution in [-0.4, -0.2) is 11.0 Å². The van der Waals surface area contributed by atoms with Gasteiger partial charge in [0.15, 0.2) is 0 Å². The Labute approximate surface area is 84.1 Å². The van der Waals surface area contributed by atoms with Crippen LogP contribution in [0, 0.1) is 5.92 Å². The lowest BCUT2D eigenvalue weighted by atomic mass is 10.1. The molecule has 1 heterocycles. The van der Waals surface area contributed by atoms with Crippen LogP contribution < -0.4 is 0 Å². The average Bonchev–Trinajstić information content (AvgIpc) is 2.19. The van der Waals surface area contributed by atoms with Crippen molar-refractivity contribution in [1.82, 2.24) is 4.98 Å². The number of ether oxygens (including phenoxy) is 1. The van der Waals surface area contributed by atoms with E-state index in [9.17, 15) is 4.79 Å². The Bertz CT molecular complexity index is 295. The van der Waals surface area contributed by atoms with E-state index >= 15 is 0 Å². The summed E-state index contributed by atoms with van der Waals surface area (Å²) >= 11 is 0. The van der Waals surface area contributed by atoms with Crippen LogP contribution in [-0.2, 0) is 9.53 Å². The SMILES string of the molecule is CC(C)C(=O)OC(C)c1ccncc1. The molecule has 3 heteroatoms. The Balaban J connectivity index is 2.59. The van der Waals surface area contributed by atoms with E-state index in [1.165, 1.54) is 0 Å². The third kappa shape index (κ3) is 2.83. The number of pyridine rings is 1. The third-order valence-corrected chi connectivity index (χ3v) is 1.94. The zero-order chi connectivity index (χ0) is 10.6. The van der Waals surface area contributed by atoms with E-state index in [-0.39, 0.29) is 18.0 Å². The first-order chi connectivity index (χ1) is 6.61. The van der Waals surface area contributed by atoms with Crippen LogP contribution in [0.3, 0.4) is 0 Å². The fourth-order valence-corrected chi connectivity index (χ4v) is 1.01. The Kier molecular flexibility index (Phi) is 3.63. The third-order valence-electron chi connectivity index (χ3n) is 1.94. The average molecular weight is 193 g/mol. The topological polar surface area (TPSA) is 39.2 Å². The molecule has 0 saturated heterocycles. The summed E-state index contributed by atoms with van der Waals surface area (Å²) in [6.45, 7) is 5.50.